The fraction of sp³-hybridized carbons (Fsp3) is 0.364. The predicted molar refractivity (Wildman–Crippen MR) is 112 cm³/mol. The number of nitrogens with one attached hydrogen (secondary N) is 2. The lowest BCUT2D eigenvalue weighted by Gasteiger charge is -2.52. The quantitative estimate of drug-likeness (QED) is 0.464. The van der Waals surface area contributed by atoms with E-state index in [1.54, 1.807) is 0 Å². The Bertz CT molecular complexity index is 1070. The highest BCUT2D eigenvalue weighted by Gasteiger charge is 2.48. The Balaban J connectivity index is 1.59. The normalized spacial score (nSPS) is 16.8. The lowest BCUT2D eigenvalue weighted by atomic mass is 9.54. The fourth-order valence-electron chi connectivity index (χ4n) is 4.27. The summed E-state index contributed by atoms with van der Waals surface area (Å²) < 4.78 is 38.2. The zero-order valence-electron chi connectivity index (χ0n) is 17.3. The number of hydrogen-bond acceptors (Lipinski definition) is 5. The van der Waals surface area contributed by atoms with E-state index in [2.05, 4.69) is 24.5 Å². The van der Waals surface area contributed by atoms with E-state index in [9.17, 15) is 27.5 Å². The van der Waals surface area contributed by atoms with Gasteiger partial charge in [0.25, 0.3) is 0 Å². The number of carbonyl (C=O) groups is 2. The summed E-state index contributed by atoms with van der Waals surface area (Å²) in [6.07, 6.45) is 1.50. The van der Waals surface area contributed by atoms with Crippen molar-refractivity contribution in [2.45, 2.75) is 36.5 Å². The average Bonchev–Trinajstić information content (AvgIpc) is 2.71. The third-order valence-electron chi connectivity index (χ3n) is 5.42. The van der Waals surface area contributed by atoms with Crippen LogP contribution in [0.3, 0.4) is 0 Å². The van der Waals surface area contributed by atoms with Crippen molar-refractivity contribution in [1.82, 2.24) is 5.32 Å². The molecule has 0 aliphatic heterocycles. The summed E-state index contributed by atoms with van der Waals surface area (Å²) in [6, 6.07) is 9.79. The minimum absolute atomic E-state index is 0.0287. The van der Waals surface area contributed by atoms with E-state index < -0.39 is 32.9 Å². The lowest BCUT2D eigenvalue weighted by Crippen LogP contribution is -2.53. The lowest BCUT2D eigenvalue weighted by molar-refractivity contribution is -0.137. The second-order valence-electron chi connectivity index (χ2n) is 8.79. The van der Waals surface area contributed by atoms with Crippen LogP contribution in [-0.2, 0) is 19.4 Å². The molecule has 7 nitrogen and oxygen atoms in total. The fourth-order valence-corrected chi connectivity index (χ4v) is 5.54. The number of amides is 2. The first-order chi connectivity index (χ1) is 14.5. The molecule has 2 aromatic rings. The summed E-state index contributed by atoms with van der Waals surface area (Å²) in [7, 11) is -3.83. The number of rotatable bonds is 6. The summed E-state index contributed by atoms with van der Waals surface area (Å²) in [5.41, 5.74) is -0.0542. The Labute approximate surface area is 180 Å². The van der Waals surface area contributed by atoms with Crippen molar-refractivity contribution in [3.8, 4) is 0 Å². The highest BCUT2D eigenvalue weighted by molar-refractivity contribution is 7.91. The molecule has 0 spiro atoms. The molecule has 31 heavy (non-hydrogen) atoms. The van der Waals surface area contributed by atoms with Gasteiger partial charge in [0, 0.05) is 17.6 Å². The topological polar surface area (TPSA) is 113 Å². The van der Waals surface area contributed by atoms with Crippen LogP contribution in [0.1, 0.15) is 26.7 Å². The van der Waals surface area contributed by atoms with Gasteiger partial charge in [0.15, 0.2) is 0 Å². The molecule has 9 heteroatoms. The van der Waals surface area contributed by atoms with Crippen LogP contribution in [0.15, 0.2) is 58.3 Å². The van der Waals surface area contributed by atoms with Gasteiger partial charge in [-0.15, -0.1) is 0 Å². The largest absolute Gasteiger partial charge is 0.396 e. The van der Waals surface area contributed by atoms with E-state index in [1.807, 2.05) is 0 Å². The number of aliphatic hydroxyl groups excluding tert-OH is 1. The first-order valence-electron chi connectivity index (χ1n) is 9.77. The van der Waals surface area contributed by atoms with Gasteiger partial charge in [-0.05, 0) is 66.8 Å². The number of aliphatic hydroxyl groups is 1. The van der Waals surface area contributed by atoms with Crippen molar-refractivity contribution in [2.24, 2.45) is 10.8 Å². The molecule has 1 fully saturated rings. The summed E-state index contributed by atoms with van der Waals surface area (Å²) in [5, 5.41) is 14.6. The smallest absolute Gasteiger partial charge is 0.313 e. The molecule has 1 saturated carbocycles. The van der Waals surface area contributed by atoms with Crippen LogP contribution in [-0.4, -0.2) is 38.5 Å². The Morgan fingerprint density at radius 1 is 0.968 bits per heavy atom. The number of anilines is 1. The van der Waals surface area contributed by atoms with Crippen molar-refractivity contribution >= 4 is 27.3 Å². The van der Waals surface area contributed by atoms with Crippen LogP contribution in [0, 0.1) is 16.6 Å². The van der Waals surface area contributed by atoms with Crippen LogP contribution in [0.4, 0.5) is 10.1 Å². The molecule has 0 atom stereocenters. The van der Waals surface area contributed by atoms with Gasteiger partial charge in [-0.25, -0.2) is 12.8 Å². The molecule has 0 radical (unpaired) electrons. The third-order valence-corrected chi connectivity index (χ3v) is 7.20. The number of hydrogen-bond donors (Lipinski definition) is 3. The van der Waals surface area contributed by atoms with Gasteiger partial charge >= 0.3 is 11.8 Å². The van der Waals surface area contributed by atoms with Crippen LogP contribution >= 0.6 is 0 Å². The predicted octanol–water partition coefficient (Wildman–Crippen LogP) is 2.51. The van der Waals surface area contributed by atoms with Gasteiger partial charge in [-0.1, -0.05) is 13.8 Å². The number of halogens is 1. The van der Waals surface area contributed by atoms with E-state index >= 15 is 0 Å². The van der Waals surface area contributed by atoms with Gasteiger partial charge in [-0.2, -0.15) is 0 Å². The van der Waals surface area contributed by atoms with Crippen molar-refractivity contribution in [3.05, 3.63) is 54.3 Å². The van der Waals surface area contributed by atoms with Crippen LogP contribution in [0.2, 0.25) is 0 Å². The Kier molecular flexibility index (Phi) is 6.20. The molecular weight excluding hydrogens is 423 g/mol. The van der Waals surface area contributed by atoms with E-state index in [-0.39, 0.29) is 34.0 Å². The zero-order valence-corrected chi connectivity index (χ0v) is 18.1. The molecule has 0 saturated heterocycles. The zero-order chi connectivity index (χ0) is 22.9. The molecule has 0 aromatic heterocycles. The van der Waals surface area contributed by atoms with E-state index in [0.29, 0.717) is 0 Å². The molecule has 0 unspecified atom stereocenters. The maximum absolute atomic E-state index is 13.0. The molecule has 166 valence electrons. The van der Waals surface area contributed by atoms with Crippen LogP contribution < -0.4 is 10.6 Å². The number of sulfone groups is 1. The minimum Gasteiger partial charge on any atom is -0.396 e. The third kappa shape index (κ3) is 5.11. The molecule has 1 aliphatic rings. The molecule has 1 aliphatic carbocycles. The molecule has 3 N–H and O–H groups in total. The van der Waals surface area contributed by atoms with E-state index in [1.165, 1.54) is 36.4 Å². The standard InChI is InChI=1S/C22H25FN2O5S/c1-21(2)11-22(12-21,14-26)13-24-19(27)20(28)25-16-5-9-18(10-6-16)31(29,30)17-7-3-15(23)4-8-17/h3-10,26H,11-14H2,1-2H3,(H,24,27)(H,25,28). The Morgan fingerprint density at radius 3 is 1.97 bits per heavy atom. The van der Waals surface area contributed by atoms with Crippen molar-refractivity contribution in [3.63, 3.8) is 0 Å². The maximum Gasteiger partial charge on any atom is 0.313 e. The summed E-state index contributed by atoms with van der Waals surface area (Å²) in [4.78, 5) is 24.2. The van der Waals surface area contributed by atoms with Gasteiger partial charge in [0.05, 0.1) is 16.4 Å². The summed E-state index contributed by atoms with van der Waals surface area (Å²) in [6.45, 7) is 4.29. The molecule has 3 rings (SSSR count). The molecule has 2 amide bonds. The monoisotopic (exact) mass is 448 g/mol. The second-order valence-corrected chi connectivity index (χ2v) is 10.7. The number of carbonyl (C=O) groups excluding carboxylic acids is 2. The molecule has 0 heterocycles. The number of benzene rings is 2. The van der Waals surface area contributed by atoms with Crippen LogP contribution in [0.25, 0.3) is 0 Å². The van der Waals surface area contributed by atoms with Gasteiger partial charge in [0.2, 0.25) is 9.84 Å². The Hall–Kier alpha value is -2.78. The van der Waals surface area contributed by atoms with Crippen LogP contribution in [0.5, 0.6) is 0 Å². The average molecular weight is 449 g/mol. The maximum atomic E-state index is 13.0. The summed E-state index contributed by atoms with van der Waals surface area (Å²) >= 11 is 0. The first kappa shape index (κ1) is 22.9. The minimum atomic E-state index is -3.83. The van der Waals surface area contributed by atoms with E-state index in [0.717, 1.165) is 25.0 Å². The molecular formula is C22H25FN2O5S. The summed E-state index contributed by atoms with van der Waals surface area (Å²) in [5.74, 6) is -2.26. The SMILES string of the molecule is CC1(C)CC(CO)(CNC(=O)C(=O)Nc2ccc(S(=O)(=O)c3ccc(F)cc3)cc2)C1. The van der Waals surface area contributed by atoms with Crippen molar-refractivity contribution in [1.29, 1.82) is 0 Å². The highest BCUT2D eigenvalue weighted by atomic mass is 32.2. The molecule has 0 bridgehead atoms. The van der Waals surface area contributed by atoms with Gasteiger partial charge < -0.3 is 15.7 Å². The van der Waals surface area contributed by atoms with Gasteiger partial charge in [0.1, 0.15) is 5.82 Å². The van der Waals surface area contributed by atoms with Crippen molar-refractivity contribution in [2.75, 3.05) is 18.5 Å². The van der Waals surface area contributed by atoms with Gasteiger partial charge in [-0.3, -0.25) is 9.59 Å². The first-order valence-corrected chi connectivity index (χ1v) is 11.3. The highest BCUT2D eigenvalue weighted by Crippen LogP contribution is 2.53. The van der Waals surface area contributed by atoms with E-state index in [4.69, 9.17) is 0 Å². The molecule has 2 aromatic carbocycles. The Morgan fingerprint density at radius 2 is 1.48 bits per heavy atom. The van der Waals surface area contributed by atoms with Crippen molar-refractivity contribution < 1.29 is 27.5 Å². The second kappa shape index (κ2) is 8.39.